The first-order chi connectivity index (χ1) is 6.92. The van der Waals surface area contributed by atoms with E-state index in [-0.39, 0.29) is 0 Å². The Morgan fingerprint density at radius 3 is 2.79 bits per heavy atom. The van der Waals surface area contributed by atoms with Crippen molar-refractivity contribution in [1.82, 2.24) is 30.0 Å². The SMILES string of the molecule is CNCc1ncnn1-c1ncccn1. The Bertz CT molecular complexity index is 395. The monoisotopic (exact) mass is 190 g/mol. The lowest BCUT2D eigenvalue weighted by atomic mass is 10.6. The first kappa shape index (κ1) is 8.76. The summed E-state index contributed by atoms with van der Waals surface area (Å²) in [7, 11) is 1.85. The second-order valence-electron chi connectivity index (χ2n) is 2.67. The molecule has 0 aliphatic carbocycles. The predicted octanol–water partition coefficient (Wildman–Crippen LogP) is -0.223. The van der Waals surface area contributed by atoms with E-state index in [1.165, 1.54) is 6.33 Å². The van der Waals surface area contributed by atoms with E-state index < -0.39 is 0 Å². The van der Waals surface area contributed by atoms with E-state index in [1.54, 1.807) is 23.1 Å². The van der Waals surface area contributed by atoms with Crippen LogP contribution in [0.3, 0.4) is 0 Å². The Kier molecular flexibility index (Phi) is 2.46. The minimum atomic E-state index is 0.537. The molecule has 2 aromatic rings. The highest BCUT2D eigenvalue weighted by Gasteiger charge is 2.06. The average molecular weight is 190 g/mol. The molecule has 0 amide bonds. The van der Waals surface area contributed by atoms with Crippen LogP contribution in [0, 0.1) is 0 Å². The van der Waals surface area contributed by atoms with E-state index in [1.807, 2.05) is 7.05 Å². The zero-order valence-electron chi connectivity index (χ0n) is 7.75. The van der Waals surface area contributed by atoms with Crippen molar-refractivity contribution in [2.45, 2.75) is 6.54 Å². The molecule has 1 N–H and O–H groups in total. The van der Waals surface area contributed by atoms with Crippen molar-refractivity contribution < 1.29 is 0 Å². The first-order valence-corrected chi connectivity index (χ1v) is 4.22. The fourth-order valence-corrected chi connectivity index (χ4v) is 1.11. The molecular formula is C8H10N6. The topological polar surface area (TPSA) is 68.5 Å². The summed E-state index contributed by atoms with van der Waals surface area (Å²) < 4.78 is 1.61. The van der Waals surface area contributed by atoms with Crippen LogP contribution in [-0.4, -0.2) is 31.8 Å². The molecule has 0 radical (unpaired) electrons. The summed E-state index contributed by atoms with van der Waals surface area (Å²) >= 11 is 0. The van der Waals surface area contributed by atoms with Gasteiger partial charge in [-0.2, -0.15) is 9.78 Å². The Hall–Kier alpha value is -1.82. The van der Waals surface area contributed by atoms with Gasteiger partial charge in [0.05, 0.1) is 6.54 Å². The van der Waals surface area contributed by atoms with E-state index >= 15 is 0 Å². The Balaban J connectivity index is 2.37. The van der Waals surface area contributed by atoms with Crippen LogP contribution in [0.4, 0.5) is 0 Å². The van der Waals surface area contributed by atoms with Crippen molar-refractivity contribution in [2.75, 3.05) is 7.05 Å². The van der Waals surface area contributed by atoms with Crippen molar-refractivity contribution in [3.05, 3.63) is 30.6 Å². The van der Waals surface area contributed by atoms with Crippen LogP contribution in [0.15, 0.2) is 24.8 Å². The molecule has 0 fully saturated rings. The van der Waals surface area contributed by atoms with Crippen LogP contribution >= 0.6 is 0 Å². The number of nitrogens with one attached hydrogen (secondary N) is 1. The van der Waals surface area contributed by atoms with Crippen LogP contribution in [0.25, 0.3) is 5.95 Å². The predicted molar refractivity (Wildman–Crippen MR) is 49.7 cm³/mol. The lowest BCUT2D eigenvalue weighted by molar-refractivity contribution is 0.689. The van der Waals surface area contributed by atoms with Gasteiger partial charge >= 0.3 is 0 Å². The summed E-state index contributed by atoms with van der Waals surface area (Å²) in [4.78, 5) is 12.3. The van der Waals surface area contributed by atoms with Crippen molar-refractivity contribution in [3.63, 3.8) is 0 Å². The maximum atomic E-state index is 4.09. The van der Waals surface area contributed by atoms with Gasteiger partial charge in [0.15, 0.2) is 0 Å². The van der Waals surface area contributed by atoms with Gasteiger partial charge < -0.3 is 5.32 Å². The third-order valence-corrected chi connectivity index (χ3v) is 1.69. The number of hydrogen-bond donors (Lipinski definition) is 1. The highest BCUT2D eigenvalue weighted by Crippen LogP contribution is 2.00. The Labute approximate surface area is 81.0 Å². The molecule has 0 saturated heterocycles. The van der Waals surface area contributed by atoms with Gasteiger partial charge in [-0.1, -0.05) is 0 Å². The zero-order valence-corrected chi connectivity index (χ0v) is 7.75. The van der Waals surface area contributed by atoms with E-state index in [4.69, 9.17) is 0 Å². The molecule has 2 aromatic heterocycles. The van der Waals surface area contributed by atoms with Crippen molar-refractivity contribution in [1.29, 1.82) is 0 Å². The summed E-state index contributed by atoms with van der Waals surface area (Å²) in [6, 6.07) is 1.76. The molecule has 2 rings (SSSR count). The molecule has 2 heterocycles. The molecule has 0 atom stereocenters. The van der Waals surface area contributed by atoms with E-state index in [9.17, 15) is 0 Å². The van der Waals surface area contributed by atoms with Crippen LogP contribution in [-0.2, 0) is 6.54 Å². The first-order valence-electron chi connectivity index (χ1n) is 4.22. The van der Waals surface area contributed by atoms with Gasteiger partial charge in [0.2, 0.25) is 0 Å². The summed E-state index contributed by atoms with van der Waals surface area (Å²) in [5, 5.41) is 7.05. The second kappa shape index (κ2) is 3.93. The maximum Gasteiger partial charge on any atom is 0.252 e. The van der Waals surface area contributed by atoms with Gasteiger partial charge in [-0.05, 0) is 13.1 Å². The fourth-order valence-electron chi connectivity index (χ4n) is 1.11. The van der Waals surface area contributed by atoms with Crippen molar-refractivity contribution in [2.24, 2.45) is 0 Å². The third kappa shape index (κ3) is 1.60. The lowest BCUT2D eigenvalue weighted by Gasteiger charge is -2.01. The van der Waals surface area contributed by atoms with Gasteiger partial charge in [-0.3, -0.25) is 0 Å². The lowest BCUT2D eigenvalue weighted by Crippen LogP contribution is -2.13. The minimum absolute atomic E-state index is 0.537. The molecule has 0 aliphatic heterocycles. The smallest absolute Gasteiger partial charge is 0.252 e. The van der Waals surface area contributed by atoms with Gasteiger partial charge in [-0.15, -0.1) is 0 Å². The molecule has 6 heteroatoms. The number of rotatable bonds is 3. The normalized spacial score (nSPS) is 10.4. The number of nitrogens with zero attached hydrogens (tertiary/aromatic N) is 5. The highest BCUT2D eigenvalue weighted by molar-refractivity contribution is 5.09. The average Bonchev–Trinajstić information content (AvgIpc) is 2.68. The van der Waals surface area contributed by atoms with E-state index in [0.29, 0.717) is 12.5 Å². The van der Waals surface area contributed by atoms with Crippen LogP contribution < -0.4 is 5.32 Å². The number of aromatic nitrogens is 5. The van der Waals surface area contributed by atoms with Gasteiger partial charge in [0, 0.05) is 12.4 Å². The quantitative estimate of drug-likeness (QED) is 0.724. The highest BCUT2D eigenvalue weighted by atomic mass is 15.4. The molecule has 0 spiro atoms. The van der Waals surface area contributed by atoms with Gasteiger partial charge in [0.1, 0.15) is 12.2 Å². The Morgan fingerprint density at radius 2 is 2.07 bits per heavy atom. The van der Waals surface area contributed by atoms with Crippen molar-refractivity contribution in [3.8, 4) is 5.95 Å². The summed E-state index contributed by atoms with van der Waals surface area (Å²) in [5.74, 6) is 1.33. The van der Waals surface area contributed by atoms with Crippen LogP contribution in [0.1, 0.15) is 5.82 Å². The fraction of sp³-hybridized carbons (Fsp3) is 0.250. The Morgan fingerprint density at radius 1 is 1.29 bits per heavy atom. The summed E-state index contributed by atoms with van der Waals surface area (Å²) in [6.07, 6.45) is 4.84. The zero-order chi connectivity index (χ0) is 9.80. The van der Waals surface area contributed by atoms with E-state index in [2.05, 4.69) is 25.4 Å². The molecule has 6 nitrogen and oxygen atoms in total. The standard InChI is InChI=1S/C8H10N6/c1-9-5-7-12-6-13-14(7)8-10-3-2-4-11-8/h2-4,6,9H,5H2,1H3. The molecule has 0 aliphatic rings. The van der Waals surface area contributed by atoms with Gasteiger partial charge in [0.25, 0.3) is 5.95 Å². The van der Waals surface area contributed by atoms with Crippen LogP contribution in [0.5, 0.6) is 0 Å². The molecule has 0 saturated carbocycles. The molecule has 0 bridgehead atoms. The second-order valence-corrected chi connectivity index (χ2v) is 2.67. The molecular weight excluding hydrogens is 180 g/mol. The third-order valence-electron chi connectivity index (χ3n) is 1.69. The van der Waals surface area contributed by atoms with Crippen molar-refractivity contribution >= 4 is 0 Å². The number of hydrogen-bond acceptors (Lipinski definition) is 5. The van der Waals surface area contributed by atoms with Crippen LogP contribution in [0.2, 0.25) is 0 Å². The largest absolute Gasteiger partial charge is 0.313 e. The molecule has 0 aromatic carbocycles. The molecule has 14 heavy (non-hydrogen) atoms. The van der Waals surface area contributed by atoms with E-state index in [0.717, 1.165) is 5.82 Å². The van der Waals surface area contributed by atoms with Gasteiger partial charge in [-0.25, -0.2) is 15.0 Å². The summed E-state index contributed by atoms with van der Waals surface area (Å²) in [5.41, 5.74) is 0. The molecule has 72 valence electrons. The summed E-state index contributed by atoms with van der Waals surface area (Å²) in [6.45, 7) is 0.637. The minimum Gasteiger partial charge on any atom is -0.313 e. The maximum absolute atomic E-state index is 4.09. The molecule has 0 unspecified atom stereocenters.